The molecule has 86 valence electrons. The van der Waals surface area contributed by atoms with Crippen LogP contribution in [0.1, 0.15) is 0 Å². The Morgan fingerprint density at radius 3 is 2.33 bits per heavy atom. The van der Waals surface area contributed by atoms with E-state index in [-0.39, 0.29) is 12.5 Å². The molecule has 0 rings (SSSR count). The molecule has 0 saturated carbocycles. The van der Waals surface area contributed by atoms with Crippen molar-refractivity contribution < 1.29 is 14.7 Å². The predicted molar refractivity (Wildman–Crippen MR) is 56.6 cm³/mol. The minimum atomic E-state index is -0.867. The number of carbonyl (C=O) groups is 2. The van der Waals surface area contributed by atoms with Gasteiger partial charge < -0.3 is 21.1 Å². The monoisotopic (exact) mass is 215 g/mol. The fraction of sp³-hybridized carbons (Fsp3) is 0.556. The van der Waals surface area contributed by atoms with Gasteiger partial charge in [-0.25, -0.2) is 0 Å². The molecule has 0 aromatic rings. The molecule has 0 aromatic heterocycles. The van der Waals surface area contributed by atoms with Crippen LogP contribution in [0, 0.1) is 0 Å². The van der Waals surface area contributed by atoms with Crippen LogP contribution in [0.5, 0.6) is 0 Å². The number of nitrogens with one attached hydrogen (secondary N) is 3. The van der Waals surface area contributed by atoms with Gasteiger partial charge in [0.15, 0.2) is 0 Å². The highest BCUT2D eigenvalue weighted by Crippen LogP contribution is 1.66. The Morgan fingerprint density at radius 1 is 1.13 bits per heavy atom. The van der Waals surface area contributed by atoms with E-state index < -0.39 is 5.97 Å². The third kappa shape index (κ3) is 10.5. The van der Waals surface area contributed by atoms with Crippen LogP contribution in [0.3, 0.4) is 0 Å². The van der Waals surface area contributed by atoms with Crippen molar-refractivity contribution >= 4 is 11.9 Å². The molecule has 4 N–H and O–H groups in total. The molecule has 0 aliphatic heterocycles. The van der Waals surface area contributed by atoms with Gasteiger partial charge in [0.25, 0.3) is 0 Å². The molecule has 0 radical (unpaired) electrons. The van der Waals surface area contributed by atoms with Crippen LogP contribution >= 0.6 is 0 Å². The van der Waals surface area contributed by atoms with E-state index in [2.05, 4.69) is 22.5 Å². The van der Waals surface area contributed by atoms with Crippen molar-refractivity contribution in [3.63, 3.8) is 0 Å². The molecule has 0 fully saturated rings. The Kier molecular flexibility index (Phi) is 8.31. The van der Waals surface area contributed by atoms with Crippen LogP contribution in [0.4, 0.5) is 0 Å². The van der Waals surface area contributed by atoms with Gasteiger partial charge in [-0.15, -0.1) is 0 Å². The summed E-state index contributed by atoms with van der Waals surface area (Å²) in [5.74, 6) is -1.06. The molecule has 0 aromatic carbocycles. The molecule has 0 aliphatic carbocycles. The second-order valence-corrected chi connectivity index (χ2v) is 2.82. The number of rotatable bonds is 9. The average Bonchev–Trinajstić information content (AvgIpc) is 2.21. The summed E-state index contributed by atoms with van der Waals surface area (Å²) in [7, 11) is 0. The molecule has 0 spiro atoms. The second-order valence-electron chi connectivity index (χ2n) is 2.82. The zero-order valence-electron chi connectivity index (χ0n) is 8.58. The van der Waals surface area contributed by atoms with E-state index in [9.17, 15) is 9.59 Å². The number of carboxylic acids is 1. The largest absolute Gasteiger partial charge is 0.480 e. The first-order chi connectivity index (χ1) is 7.16. The van der Waals surface area contributed by atoms with E-state index in [0.717, 1.165) is 0 Å². The molecule has 15 heavy (non-hydrogen) atoms. The Labute approximate surface area is 88.7 Å². The highest BCUT2D eigenvalue weighted by Gasteiger charge is 1.94. The number of hydrogen-bond acceptors (Lipinski definition) is 4. The van der Waals surface area contributed by atoms with Crippen LogP contribution in [-0.2, 0) is 9.59 Å². The summed E-state index contributed by atoms with van der Waals surface area (Å²) in [5.41, 5.74) is 0. The lowest BCUT2D eigenvalue weighted by atomic mass is 10.5. The zero-order valence-corrected chi connectivity index (χ0v) is 8.58. The van der Waals surface area contributed by atoms with Crippen LogP contribution in [-0.4, -0.2) is 49.7 Å². The third-order valence-corrected chi connectivity index (χ3v) is 1.54. The molecule has 0 bridgehead atoms. The lowest BCUT2D eigenvalue weighted by Gasteiger charge is -2.05. The normalized spacial score (nSPS) is 9.60. The summed E-state index contributed by atoms with van der Waals surface area (Å²) >= 11 is 0. The maximum atomic E-state index is 10.7. The SMILES string of the molecule is C=CC(=O)NCCNCCNCC(=O)O. The van der Waals surface area contributed by atoms with Gasteiger partial charge in [-0.05, 0) is 6.08 Å². The van der Waals surface area contributed by atoms with Gasteiger partial charge in [-0.2, -0.15) is 0 Å². The highest BCUT2D eigenvalue weighted by atomic mass is 16.4. The number of amides is 1. The lowest BCUT2D eigenvalue weighted by Crippen LogP contribution is -2.35. The lowest BCUT2D eigenvalue weighted by molar-refractivity contribution is -0.136. The number of carbonyl (C=O) groups excluding carboxylic acids is 1. The number of carboxylic acid groups (broad SMARTS) is 1. The van der Waals surface area contributed by atoms with Crippen molar-refractivity contribution in [3.8, 4) is 0 Å². The molecule has 0 heterocycles. The van der Waals surface area contributed by atoms with E-state index in [4.69, 9.17) is 5.11 Å². The minimum Gasteiger partial charge on any atom is -0.480 e. The molecule has 0 aliphatic rings. The average molecular weight is 215 g/mol. The Bertz CT molecular complexity index is 219. The van der Waals surface area contributed by atoms with Gasteiger partial charge in [0.2, 0.25) is 5.91 Å². The van der Waals surface area contributed by atoms with Gasteiger partial charge in [-0.3, -0.25) is 9.59 Å². The molecule has 1 amide bonds. The molecule has 0 saturated heterocycles. The molecular weight excluding hydrogens is 198 g/mol. The first kappa shape index (κ1) is 13.6. The van der Waals surface area contributed by atoms with Gasteiger partial charge >= 0.3 is 5.97 Å². The first-order valence-electron chi connectivity index (χ1n) is 4.70. The van der Waals surface area contributed by atoms with E-state index >= 15 is 0 Å². The van der Waals surface area contributed by atoms with Gasteiger partial charge in [0, 0.05) is 26.2 Å². The summed E-state index contributed by atoms with van der Waals surface area (Å²) in [6.45, 7) is 5.71. The summed E-state index contributed by atoms with van der Waals surface area (Å²) in [6, 6.07) is 0. The van der Waals surface area contributed by atoms with Crippen LogP contribution in [0.25, 0.3) is 0 Å². The van der Waals surface area contributed by atoms with E-state index in [0.29, 0.717) is 26.2 Å². The van der Waals surface area contributed by atoms with Crippen molar-refractivity contribution in [3.05, 3.63) is 12.7 Å². The Morgan fingerprint density at radius 2 is 1.73 bits per heavy atom. The summed E-state index contributed by atoms with van der Waals surface area (Å²) < 4.78 is 0. The topological polar surface area (TPSA) is 90.5 Å². The summed E-state index contributed by atoms with van der Waals surface area (Å²) in [5, 5.41) is 16.7. The van der Waals surface area contributed by atoms with Crippen LogP contribution < -0.4 is 16.0 Å². The fourth-order valence-electron chi connectivity index (χ4n) is 0.843. The molecule has 6 heteroatoms. The second kappa shape index (κ2) is 9.17. The van der Waals surface area contributed by atoms with E-state index in [1.54, 1.807) is 0 Å². The maximum Gasteiger partial charge on any atom is 0.317 e. The summed E-state index contributed by atoms with van der Waals surface area (Å²) in [4.78, 5) is 20.8. The quantitative estimate of drug-likeness (QED) is 0.279. The van der Waals surface area contributed by atoms with Crippen LogP contribution in [0.15, 0.2) is 12.7 Å². The van der Waals surface area contributed by atoms with Gasteiger partial charge in [-0.1, -0.05) is 6.58 Å². The Hall–Kier alpha value is -1.40. The van der Waals surface area contributed by atoms with Crippen molar-refractivity contribution in [2.24, 2.45) is 0 Å². The van der Waals surface area contributed by atoms with Crippen molar-refractivity contribution in [1.29, 1.82) is 0 Å². The van der Waals surface area contributed by atoms with Gasteiger partial charge in [0.1, 0.15) is 0 Å². The highest BCUT2D eigenvalue weighted by molar-refractivity contribution is 5.86. The van der Waals surface area contributed by atoms with Crippen molar-refractivity contribution in [2.75, 3.05) is 32.7 Å². The van der Waals surface area contributed by atoms with Gasteiger partial charge in [0.05, 0.1) is 6.54 Å². The van der Waals surface area contributed by atoms with Crippen molar-refractivity contribution in [2.45, 2.75) is 0 Å². The predicted octanol–water partition coefficient (Wildman–Crippen LogP) is -1.45. The van der Waals surface area contributed by atoms with E-state index in [1.807, 2.05) is 0 Å². The molecule has 6 nitrogen and oxygen atoms in total. The maximum absolute atomic E-state index is 10.7. The fourth-order valence-corrected chi connectivity index (χ4v) is 0.843. The number of aliphatic carboxylic acids is 1. The Balaban J connectivity index is 3.08. The van der Waals surface area contributed by atoms with E-state index in [1.165, 1.54) is 6.08 Å². The standard InChI is InChI=1S/C9H17N3O3/c1-2-8(13)12-6-5-10-3-4-11-7-9(14)15/h2,10-11H,1,3-7H2,(H,12,13)(H,14,15). The smallest absolute Gasteiger partial charge is 0.317 e. The molecule has 0 unspecified atom stereocenters. The van der Waals surface area contributed by atoms with Crippen LogP contribution in [0.2, 0.25) is 0 Å². The third-order valence-electron chi connectivity index (χ3n) is 1.54. The molecular formula is C9H17N3O3. The number of hydrogen-bond donors (Lipinski definition) is 4. The first-order valence-corrected chi connectivity index (χ1v) is 4.70. The zero-order chi connectivity index (χ0) is 11.5. The molecule has 0 atom stereocenters. The van der Waals surface area contributed by atoms with Crippen molar-refractivity contribution in [1.82, 2.24) is 16.0 Å². The minimum absolute atomic E-state index is 0.0329. The summed E-state index contributed by atoms with van der Waals surface area (Å²) in [6.07, 6.45) is 1.22.